The maximum Gasteiger partial charge on any atom is 0.357 e. The first-order chi connectivity index (χ1) is 11.6. The molecule has 2 aromatic carbocycles. The molecular weight excluding hydrogens is 325 g/mol. The highest BCUT2D eigenvalue weighted by molar-refractivity contribution is 7.57. The van der Waals surface area contributed by atoms with Gasteiger partial charge in [-0.1, -0.05) is 48.5 Å². The van der Waals surface area contributed by atoms with Crippen LogP contribution in [0.2, 0.25) is 0 Å². The van der Waals surface area contributed by atoms with E-state index in [4.69, 9.17) is 13.9 Å². The molecule has 0 saturated carbocycles. The van der Waals surface area contributed by atoms with E-state index in [0.717, 1.165) is 11.3 Å². The molecule has 1 saturated heterocycles. The van der Waals surface area contributed by atoms with Gasteiger partial charge in [-0.2, -0.15) is 0 Å². The lowest BCUT2D eigenvalue weighted by atomic mass is 10.0. The van der Waals surface area contributed by atoms with E-state index in [1.165, 1.54) is 20.0 Å². The van der Waals surface area contributed by atoms with Crippen LogP contribution in [0.4, 0.5) is 5.69 Å². The lowest BCUT2D eigenvalue weighted by Gasteiger charge is -2.24. The quantitative estimate of drug-likeness (QED) is 0.722. The van der Waals surface area contributed by atoms with Gasteiger partial charge in [0, 0.05) is 20.6 Å². The number of anilines is 1. The number of hydroxylamine groups is 1. The van der Waals surface area contributed by atoms with Crippen LogP contribution < -0.4 is 5.06 Å². The van der Waals surface area contributed by atoms with Crippen molar-refractivity contribution in [2.75, 3.05) is 19.3 Å². The maximum atomic E-state index is 12.4. The van der Waals surface area contributed by atoms with Crippen LogP contribution in [-0.4, -0.2) is 14.2 Å². The Morgan fingerprint density at radius 3 is 2.21 bits per heavy atom. The Morgan fingerprint density at radius 2 is 1.62 bits per heavy atom. The van der Waals surface area contributed by atoms with Gasteiger partial charge >= 0.3 is 7.60 Å². The van der Waals surface area contributed by atoms with E-state index in [-0.39, 0.29) is 6.04 Å². The van der Waals surface area contributed by atoms with E-state index in [1.54, 1.807) is 0 Å². The fourth-order valence-corrected chi connectivity index (χ4v) is 3.53. The van der Waals surface area contributed by atoms with Gasteiger partial charge in [-0.3, -0.25) is 4.57 Å². The van der Waals surface area contributed by atoms with Crippen LogP contribution in [0.25, 0.3) is 0 Å². The summed E-state index contributed by atoms with van der Waals surface area (Å²) in [6.07, 6.45) is 0.579. The average molecular weight is 345 g/mol. The van der Waals surface area contributed by atoms with Crippen molar-refractivity contribution in [3.05, 3.63) is 77.8 Å². The molecule has 0 amide bonds. The summed E-state index contributed by atoms with van der Waals surface area (Å²) in [5.41, 5.74) is 2.05. The fraction of sp³-hybridized carbons (Fsp3) is 0.222. The molecule has 1 heterocycles. The van der Waals surface area contributed by atoms with Gasteiger partial charge in [0.05, 0.1) is 17.5 Å². The van der Waals surface area contributed by atoms with Gasteiger partial charge in [0.15, 0.2) is 0 Å². The number of nitrogens with zero attached hydrogens (tertiary/aromatic N) is 1. The lowest BCUT2D eigenvalue weighted by molar-refractivity contribution is 0.212. The average Bonchev–Trinajstić information content (AvgIpc) is 3.06. The highest BCUT2D eigenvalue weighted by atomic mass is 31.2. The van der Waals surface area contributed by atoms with Crippen molar-refractivity contribution in [1.29, 1.82) is 0 Å². The Balaban J connectivity index is 1.96. The molecule has 0 bridgehead atoms. The largest absolute Gasteiger partial charge is 0.383 e. The van der Waals surface area contributed by atoms with E-state index in [1.807, 2.05) is 53.6 Å². The van der Waals surface area contributed by atoms with Crippen LogP contribution >= 0.6 is 7.60 Å². The van der Waals surface area contributed by atoms with Crippen molar-refractivity contribution in [1.82, 2.24) is 0 Å². The maximum absolute atomic E-state index is 12.4. The first-order valence-electron chi connectivity index (χ1n) is 7.65. The van der Waals surface area contributed by atoms with Gasteiger partial charge in [-0.05, 0) is 17.7 Å². The van der Waals surface area contributed by atoms with Crippen LogP contribution in [0.5, 0.6) is 0 Å². The third kappa shape index (κ3) is 3.54. The molecule has 1 unspecified atom stereocenters. The zero-order valence-electron chi connectivity index (χ0n) is 13.7. The molecule has 3 rings (SSSR count). The minimum Gasteiger partial charge on any atom is -0.383 e. The molecule has 1 aliphatic rings. The molecule has 1 aliphatic heterocycles. The van der Waals surface area contributed by atoms with Crippen LogP contribution in [0.3, 0.4) is 0 Å². The highest BCUT2D eigenvalue weighted by Crippen LogP contribution is 2.51. The number of rotatable bonds is 5. The Labute approximate surface area is 142 Å². The molecule has 24 heavy (non-hydrogen) atoms. The number of para-hydroxylation sites is 1. The zero-order valence-corrected chi connectivity index (χ0v) is 14.6. The third-order valence-electron chi connectivity index (χ3n) is 3.90. The van der Waals surface area contributed by atoms with Gasteiger partial charge in [0.25, 0.3) is 0 Å². The predicted molar refractivity (Wildman–Crippen MR) is 93.5 cm³/mol. The van der Waals surface area contributed by atoms with E-state index in [9.17, 15) is 4.57 Å². The van der Waals surface area contributed by atoms with Crippen LogP contribution in [0.1, 0.15) is 18.0 Å². The molecule has 0 radical (unpaired) electrons. The molecule has 0 aliphatic carbocycles. The molecule has 6 heteroatoms. The normalized spacial score (nSPS) is 19.5. The van der Waals surface area contributed by atoms with Gasteiger partial charge in [0.2, 0.25) is 0 Å². The second kappa shape index (κ2) is 7.22. The Morgan fingerprint density at radius 1 is 1.04 bits per heavy atom. The molecule has 1 fully saturated rings. The first-order valence-corrected chi connectivity index (χ1v) is 9.26. The predicted octanol–water partition coefficient (Wildman–Crippen LogP) is 4.90. The topological polar surface area (TPSA) is 48.0 Å². The number of hydrogen-bond acceptors (Lipinski definition) is 5. The molecule has 0 aromatic heterocycles. The molecule has 1 atom stereocenters. The number of benzene rings is 2. The van der Waals surface area contributed by atoms with Crippen molar-refractivity contribution in [3.63, 3.8) is 0 Å². The van der Waals surface area contributed by atoms with E-state index in [0.29, 0.717) is 12.2 Å². The van der Waals surface area contributed by atoms with E-state index < -0.39 is 7.60 Å². The van der Waals surface area contributed by atoms with Gasteiger partial charge in [-0.25, -0.2) is 5.06 Å². The van der Waals surface area contributed by atoms with E-state index in [2.05, 4.69) is 12.1 Å². The summed E-state index contributed by atoms with van der Waals surface area (Å²) < 4.78 is 22.4. The summed E-state index contributed by atoms with van der Waals surface area (Å²) in [7, 11) is -0.558. The molecular formula is C18H20NO4P. The zero-order chi connectivity index (χ0) is 17.0. The first kappa shape index (κ1) is 16.8. The second-order valence-electron chi connectivity index (χ2n) is 5.38. The Hall–Kier alpha value is -2.07. The third-order valence-corrected chi connectivity index (χ3v) is 5.52. The van der Waals surface area contributed by atoms with Gasteiger partial charge < -0.3 is 13.9 Å². The standard InChI is InChI=1S/C18H20NO4P/c1-21-24(20,22-2)14-17-13-18(15-9-5-3-6-10-15)19(23-17)16-11-7-4-8-12-16/h3-12,14,18H,13H2,1-2H3. The molecule has 0 spiro atoms. The van der Waals surface area contributed by atoms with Crippen LogP contribution in [0.15, 0.2) is 72.2 Å². The fourth-order valence-electron chi connectivity index (χ4n) is 2.67. The lowest BCUT2D eigenvalue weighted by Crippen LogP contribution is -2.20. The van der Waals surface area contributed by atoms with Crippen LogP contribution in [0, 0.1) is 0 Å². The molecule has 5 nitrogen and oxygen atoms in total. The Kier molecular flexibility index (Phi) is 5.05. The summed E-state index contributed by atoms with van der Waals surface area (Å²) >= 11 is 0. The summed E-state index contributed by atoms with van der Waals surface area (Å²) in [4.78, 5) is 5.98. The SMILES string of the molecule is COP(=O)(C=C1CC(c2ccccc2)N(c2ccccc2)O1)OC. The minimum atomic E-state index is -3.28. The highest BCUT2D eigenvalue weighted by Gasteiger charge is 2.34. The van der Waals surface area contributed by atoms with Crippen molar-refractivity contribution >= 4 is 13.3 Å². The van der Waals surface area contributed by atoms with Crippen LogP contribution in [-0.2, 0) is 18.5 Å². The van der Waals surface area contributed by atoms with Crippen molar-refractivity contribution < 1.29 is 18.5 Å². The van der Waals surface area contributed by atoms with Crippen molar-refractivity contribution in [2.24, 2.45) is 0 Å². The molecule has 2 aromatic rings. The van der Waals surface area contributed by atoms with Crippen molar-refractivity contribution in [2.45, 2.75) is 12.5 Å². The van der Waals surface area contributed by atoms with Crippen molar-refractivity contribution in [3.8, 4) is 0 Å². The summed E-state index contributed by atoms with van der Waals surface area (Å²) in [6.45, 7) is 0. The molecule has 126 valence electrons. The monoisotopic (exact) mass is 345 g/mol. The summed E-state index contributed by atoms with van der Waals surface area (Å²) in [5, 5.41) is 1.83. The second-order valence-corrected chi connectivity index (χ2v) is 7.45. The van der Waals surface area contributed by atoms with Gasteiger partial charge in [-0.15, -0.1) is 0 Å². The smallest absolute Gasteiger partial charge is 0.357 e. The molecule has 0 N–H and O–H groups in total. The summed E-state index contributed by atoms with van der Waals surface area (Å²) in [5.74, 6) is 2.02. The minimum absolute atomic E-state index is 0.0120. The van der Waals surface area contributed by atoms with E-state index >= 15 is 0 Å². The summed E-state index contributed by atoms with van der Waals surface area (Å²) in [6, 6.07) is 19.9. The number of hydrogen-bond donors (Lipinski definition) is 0. The Bertz CT molecular complexity index is 691. The van der Waals surface area contributed by atoms with Gasteiger partial charge in [0.1, 0.15) is 5.76 Å².